The third-order valence-corrected chi connectivity index (χ3v) is 8.65. The molecule has 0 aromatic carbocycles. The molecular formula is C15H24BrNO3Si. The van der Waals surface area contributed by atoms with E-state index in [1.54, 1.807) is 13.0 Å². The van der Waals surface area contributed by atoms with E-state index in [1.807, 2.05) is 6.07 Å². The van der Waals surface area contributed by atoms with Gasteiger partial charge >= 0.3 is 5.97 Å². The van der Waals surface area contributed by atoms with Gasteiger partial charge in [-0.25, -0.2) is 9.78 Å². The predicted octanol–water partition coefficient (Wildman–Crippen LogP) is 4.54. The summed E-state index contributed by atoms with van der Waals surface area (Å²) in [7, 11) is -1.84. The Hall–Kier alpha value is -0.723. The van der Waals surface area contributed by atoms with Crippen LogP contribution in [0.3, 0.4) is 0 Å². The normalized spacial score (nSPS) is 12.3. The molecule has 0 spiro atoms. The van der Waals surface area contributed by atoms with Crippen molar-refractivity contribution in [1.82, 2.24) is 4.98 Å². The van der Waals surface area contributed by atoms with Crippen LogP contribution in [0, 0.1) is 0 Å². The topological polar surface area (TPSA) is 48.4 Å². The lowest BCUT2D eigenvalue weighted by molar-refractivity contribution is 0.0518. The number of ether oxygens (including phenoxy) is 1. The summed E-state index contributed by atoms with van der Waals surface area (Å²) in [6.45, 7) is 13.5. The number of carbonyl (C=O) groups is 1. The van der Waals surface area contributed by atoms with E-state index in [9.17, 15) is 4.79 Å². The number of hydrogen-bond acceptors (Lipinski definition) is 4. The highest BCUT2D eigenvalue weighted by Gasteiger charge is 2.37. The second-order valence-corrected chi connectivity index (χ2v) is 12.2. The minimum Gasteiger partial charge on any atom is -0.461 e. The molecule has 1 rings (SSSR count). The van der Waals surface area contributed by atoms with Crippen molar-refractivity contribution in [1.29, 1.82) is 0 Å². The number of rotatable bonds is 5. The minimum atomic E-state index is -1.84. The van der Waals surface area contributed by atoms with Crippen molar-refractivity contribution < 1.29 is 14.0 Å². The van der Waals surface area contributed by atoms with Crippen LogP contribution in [0.1, 0.15) is 43.9 Å². The summed E-state index contributed by atoms with van der Waals surface area (Å²) in [5.41, 5.74) is 1.04. The molecule has 1 aromatic heterocycles. The van der Waals surface area contributed by atoms with Gasteiger partial charge in [0.25, 0.3) is 0 Å². The fourth-order valence-corrected chi connectivity index (χ4v) is 2.83. The van der Waals surface area contributed by atoms with E-state index in [2.05, 4.69) is 54.8 Å². The van der Waals surface area contributed by atoms with Crippen LogP contribution in [-0.2, 0) is 15.8 Å². The van der Waals surface area contributed by atoms with Crippen LogP contribution in [0.25, 0.3) is 0 Å². The molecule has 0 saturated heterocycles. The summed E-state index contributed by atoms with van der Waals surface area (Å²) in [6, 6.07) is 3.53. The molecule has 1 aromatic rings. The molecule has 0 bridgehead atoms. The fraction of sp³-hybridized carbons (Fsp3) is 0.600. The van der Waals surface area contributed by atoms with E-state index in [0.717, 1.165) is 10.2 Å². The van der Waals surface area contributed by atoms with Gasteiger partial charge in [0, 0.05) is 4.47 Å². The van der Waals surface area contributed by atoms with Gasteiger partial charge in [0.15, 0.2) is 8.32 Å². The SMILES string of the molecule is CCOC(=O)c1cc(Br)cc(CO[Si](C)(C)C(C)(C)C)n1. The summed E-state index contributed by atoms with van der Waals surface area (Å²) in [4.78, 5) is 16.1. The Labute approximate surface area is 136 Å². The maximum atomic E-state index is 11.8. The highest BCUT2D eigenvalue weighted by atomic mass is 79.9. The lowest BCUT2D eigenvalue weighted by atomic mass is 10.2. The van der Waals surface area contributed by atoms with Crippen molar-refractivity contribution in [2.45, 2.75) is 52.4 Å². The van der Waals surface area contributed by atoms with E-state index >= 15 is 0 Å². The predicted molar refractivity (Wildman–Crippen MR) is 89.9 cm³/mol. The average Bonchev–Trinajstić information content (AvgIpc) is 2.35. The first-order valence-electron chi connectivity index (χ1n) is 7.04. The highest BCUT2D eigenvalue weighted by Crippen LogP contribution is 2.37. The molecule has 4 nitrogen and oxygen atoms in total. The molecular weight excluding hydrogens is 350 g/mol. The Kier molecular flexibility index (Phi) is 6.13. The van der Waals surface area contributed by atoms with Gasteiger partial charge in [-0.05, 0) is 37.2 Å². The van der Waals surface area contributed by atoms with Crippen LogP contribution in [0.2, 0.25) is 18.1 Å². The summed E-state index contributed by atoms with van der Waals surface area (Å²) in [6.07, 6.45) is 0. The second kappa shape index (κ2) is 7.02. The maximum Gasteiger partial charge on any atom is 0.356 e. The zero-order valence-electron chi connectivity index (χ0n) is 13.6. The standard InChI is InChI=1S/C15H24BrNO3Si/c1-7-19-14(18)13-9-11(16)8-12(17-13)10-20-21(5,6)15(2,3)4/h8-9H,7,10H2,1-6H3. The molecule has 21 heavy (non-hydrogen) atoms. The van der Waals surface area contributed by atoms with E-state index in [4.69, 9.17) is 9.16 Å². The van der Waals surface area contributed by atoms with E-state index in [-0.39, 0.29) is 5.04 Å². The van der Waals surface area contributed by atoms with Gasteiger partial charge in [0.05, 0.1) is 18.9 Å². The molecule has 0 amide bonds. The van der Waals surface area contributed by atoms with Gasteiger partial charge in [-0.1, -0.05) is 36.7 Å². The largest absolute Gasteiger partial charge is 0.461 e. The van der Waals surface area contributed by atoms with Crippen LogP contribution in [0.15, 0.2) is 16.6 Å². The lowest BCUT2D eigenvalue weighted by Crippen LogP contribution is -2.40. The molecule has 0 atom stereocenters. The van der Waals surface area contributed by atoms with Crippen molar-refractivity contribution >= 4 is 30.2 Å². The van der Waals surface area contributed by atoms with Gasteiger partial charge in [0.2, 0.25) is 0 Å². The van der Waals surface area contributed by atoms with Crippen LogP contribution < -0.4 is 0 Å². The number of halogens is 1. The molecule has 0 aliphatic heterocycles. The molecule has 0 N–H and O–H groups in total. The lowest BCUT2D eigenvalue weighted by Gasteiger charge is -2.36. The van der Waals surface area contributed by atoms with Crippen molar-refractivity contribution in [3.8, 4) is 0 Å². The van der Waals surface area contributed by atoms with Crippen molar-refractivity contribution in [2.75, 3.05) is 6.61 Å². The molecule has 0 fully saturated rings. The van der Waals surface area contributed by atoms with Gasteiger partial charge in [-0.15, -0.1) is 0 Å². The summed E-state index contributed by atoms with van der Waals surface area (Å²) >= 11 is 3.40. The monoisotopic (exact) mass is 373 g/mol. The van der Waals surface area contributed by atoms with Crippen molar-refractivity contribution in [3.05, 3.63) is 28.0 Å². The Balaban J connectivity index is 2.88. The molecule has 0 saturated carbocycles. The highest BCUT2D eigenvalue weighted by molar-refractivity contribution is 9.10. The van der Waals surface area contributed by atoms with Crippen molar-refractivity contribution in [3.63, 3.8) is 0 Å². The summed E-state index contributed by atoms with van der Waals surface area (Å²) in [5, 5.41) is 0.142. The van der Waals surface area contributed by atoms with Crippen LogP contribution in [-0.4, -0.2) is 25.9 Å². The molecule has 0 aliphatic carbocycles. The van der Waals surface area contributed by atoms with Crippen LogP contribution in [0.4, 0.5) is 0 Å². The van der Waals surface area contributed by atoms with E-state index in [1.165, 1.54) is 0 Å². The average molecular weight is 374 g/mol. The number of pyridine rings is 1. The molecule has 0 radical (unpaired) electrons. The second-order valence-electron chi connectivity index (χ2n) is 6.43. The first-order valence-corrected chi connectivity index (χ1v) is 10.7. The van der Waals surface area contributed by atoms with Crippen LogP contribution in [0.5, 0.6) is 0 Å². The first-order chi connectivity index (χ1) is 9.56. The smallest absolute Gasteiger partial charge is 0.356 e. The quantitative estimate of drug-likeness (QED) is 0.561. The number of aromatic nitrogens is 1. The first kappa shape index (κ1) is 18.3. The number of nitrogens with zero attached hydrogens (tertiary/aromatic N) is 1. The zero-order valence-corrected chi connectivity index (χ0v) is 16.2. The Morgan fingerprint density at radius 3 is 2.48 bits per heavy atom. The molecule has 0 unspecified atom stereocenters. The van der Waals surface area contributed by atoms with Gasteiger partial charge in [-0.2, -0.15) is 0 Å². The molecule has 1 heterocycles. The fourth-order valence-electron chi connectivity index (χ4n) is 1.41. The van der Waals surface area contributed by atoms with Crippen molar-refractivity contribution in [2.24, 2.45) is 0 Å². The van der Waals surface area contributed by atoms with E-state index < -0.39 is 14.3 Å². The maximum absolute atomic E-state index is 11.8. The molecule has 6 heteroatoms. The number of hydrogen-bond donors (Lipinski definition) is 0. The van der Waals surface area contributed by atoms with Gasteiger partial charge < -0.3 is 9.16 Å². The molecule has 0 aliphatic rings. The summed E-state index contributed by atoms with van der Waals surface area (Å²) in [5.74, 6) is -0.410. The van der Waals surface area contributed by atoms with Gasteiger partial charge in [0.1, 0.15) is 5.69 Å². The Morgan fingerprint density at radius 1 is 1.33 bits per heavy atom. The number of esters is 1. The van der Waals surface area contributed by atoms with E-state index in [0.29, 0.717) is 18.9 Å². The van der Waals surface area contributed by atoms with Crippen LogP contribution >= 0.6 is 15.9 Å². The third-order valence-electron chi connectivity index (χ3n) is 3.71. The Morgan fingerprint density at radius 2 is 1.95 bits per heavy atom. The molecule has 118 valence electrons. The Bertz CT molecular complexity index is 512. The van der Waals surface area contributed by atoms with Gasteiger partial charge in [-0.3, -0.25) is 0 Å². The zero-order chi connectivity index (χ0) is 16.3. The number of carbonyl (C=O) groups excluding carboxylic acids is 1. The summed E-state index contributed by atoms with van der Waals surface area (Å²) < 4.78 is 11.9. The third kappa shape index (κ3) is 5.20. The minimum absolute atomic E-state index is 0.142.